The second-order valence-electron chi connectivity index (χ2n) is 6.06. The van der Waals surface area contributed by atoms with E-state index in [1.54, 1.807) is 0 Å². The standard InChI is InChI=1S/C15H24N2O/c1-12-13(2)17(11-16-12)14-6-9-18-15(10-14)7-4-3-5-8-15/h11,14H,3-10H2,1-2H3. The summed E-state index contributed by atoms with van der Waals surface area (Å²) < 4.78 is 8.55. The molecule has 1 saturated carbocycles. The van der Waals surface area contributed by atoms with E-state index in [1.807, 2.05) is 6.33 Å². The van der Waals surface area contributed by atoms with Crippen LogP contribution in [-0.2, 0) is 4.74 Å². The summed E-state index contributed by atoms with van der Waals surface area (Å²) in [5.41, 5.74) is 2.68. The molecule has 1 atom stereocenters. The lowest BCUT2D eigenvalue weighted by Gasteiger charge is -2.44. The second kappa shape index (κ2) is 4.69. The lowest BCUT2D eigenvalue weighted by Crippen LogP contribution is -2.42. The van der Waals surface area contributed by atoms with Crippen molar-refractivity contribution in [3.8, 4) is 0 Å². The molecule has 1 aromatic rings. The molecule has 0 aromatic carbocycles. The van der Waals surface area contributed by atoms with Crippen LogP contribution >= 0.6 is 0 Å². The highest BCUT2D eigenvalue weighted by Gasteiger charge is 2.39. The lowest BCUT2D eigenvalue weighted by molar-refractivity contribution is -0.114. The molecule has 3 nitrogen and oxygen atoms in total. The third-order valence-electron chi connectivity index (χ3n) is 4.91. The lowest BCUT2D eigenvalue weighted by atomic mass is 9.78. The zero-order chi connectivity index (χ0) is 12.6. The molecule has 1 unspecified atom stereocenters. The number of nitrogens with zero attached hydrogens (tertiary/aromatic N) is 2. The maximum atomic E-state index is 6.17. The molecular weight excluding hydrogens is 224 g/mol. The Morgan fingerprint density at radius 1 is 1.28 bits per heavy atom. The molecular formula is C15H24N2O. The summed E-state index contributed by atoms with van der Waals surface area (Å²) in [7, 11) is 0. The number of rotatable bonds is 1. The minimum atomic E-state index is 0.186. The topological polar surface area (TPSA) is 27.1 Å². The number of imidazole rings is 1. The summed E-state index contributed by atoms with van der Waals surface area (Å²) in [5, 5.41) is 0. The molecule has 18 heavy (non-hydrogen) atoms. The summed E-state index contributed by atoms with van der Waals surface area (Å²) >= 11 is 0. The first-order chi connectivity index (χ1) is 8.70. The predicted octanol–water partition coefficient (Wildman–Crippen LogP) is 3.55. The summed E-state index contributed by atoms with van der Waals surface area (Å²) in [5.74, 6) is 0. The molecule has 3 heteroatoms. The fourth-order valence-electron chi connectivity index (χ4n) is 3.67. The Kier molecular flexibility index (Phi) is 3.18. The highest BCUT2D eigenvalue weighted by atomic mass is 16.5. The molecule has 3 rings (SSSR count). The Balaban J connectivity index is 1.79. The number of aryl methyl sites for hydroxylation is 1. The first-order valence-electron chi connectivity index (χ1n) is 7.34. The van der Waals surface area contributed by atoms with Gasteiger partial charge in [0.1, 0.15) is 0 Å². The molecule has 1 spiro atoms. The quantitative estimate of drug-likeness (QED) is 0.760. The van der Waals surface area contributed by atoms with Gasteiger partial charge in [-0.3, -0.25) is 0 Å². The summed E-state index contributed by atoms with van der Waals surface area (Å²) in [6.45, 7) is 5.20. The molecule has 1 aliphatic carbocycles. The first kappa shape index (κ1) is 12.2. The van der Waals surface area contributed by atoms with E-state index >= 15 is 0 Å². The minimum absolute atomic E-state index is 0.186. The summed E-state index contributed by atoms with van der Waals surface area (Å²) in [6, 6.07) is 0.595. The third-order valence-corrected chi connectivity index (χ3v) is 4.91. The van der Waals surface area contributed by atoms with Crippen LogP contribution in [0.5, 0.6) is 0 Å². The van der Waals surface area contributed by atoms with E-state index in [0.717, 1.165) is 13.0 Å². The van der Waals surface area contributed by atoms with Crippen LogP contribution in [0.1, 0.15) is 62.4 Å². The predicted molar refractivity (Wildman–Crippen MR) is 71.7 cm³/mol. The van der Waals surface area contributed by atoms with E-state index in [9.17, 15) is 0 Å². The van der Waals surface area contributed by atoms with Gasteiger partial charge in [-0.15, -0.1) is 0 Å². The van der Waals surface area contributed by atoms with Gasteiger partial charge in [-0.25, -0.2) is 4.98 Å². The number of aromatic nitrogens is 2. The highest BCUT2D eigenvalue weighted by Crippen LogP contribution is 2.42. The molecule has 0 amide bonds. The highest BCUT2D eigenvalue weighted by molar-refractivity contribution is 5.10. The Morgan fingerprint density at radius 2 is 2.06 bits per heavy atom. The third kappa shape index (κ3) is 2.09. The Hall–Kier alpha value is -0.830. The van der Waals surface area contributed by atoms with Crippen LogP contribution in [-0.4, -0.2) is 21.8 Å². The van der Waals surface area contributed by atoms with Gasteiger partial charge < -0.3 is 9.30 Å². The Bertz CT molecular complexity index is 413. The van der Waals surface area contributed by atoms with E-state index in [0.29, 0.717) is 6.04 Å². The van der Waals surface area contributed by atoms with E-state index in [1.165, 1.54) is 49.9 Å². The van der Waals surface area contributed by atoms with Crippen molar-refractivity contribution in [3.63, 3.8) is 0 Å². The van der Waals surface area contributed by atoms with E-state index < -0.39 is 0 Å². The molecule has 1 aromatic heterocycles. The van der Waals surface area contributed by atoms with Crippen LogP contribution in [0.25, 0.3) is 0 Å². The maximum absolute atomic E-state index is 6.17. The first-order valence-corrected chi connectivity index (χ1v) is 7.34. The zero-order valence-electron chi connectivity index (χ0n) is 11.6. The van der Waals surface area contributed by atoms with Crippen molar-refractivity contribution in [3.05, 3.63) is 17.7 Å². The van der Waals surface area contributed by atoms with Crippen LogP contribution in [0.15, 0.2) is 6.33 Å². The van der Waals surface area contributed by atoms with Gasteiger partial charge in [-0.1, -0.05) is 19.3 Å². The van der Waals surface area contributed by atoms with Gasteiger partial charge in [0.05, 0.1) is 17.6 Å². The molecule has 1 aliphatic heterocycles. The van der Waals surface area contributed by atoms with Crippen LogP contribution in [0.4, 0.5) is 0 Å². The van der Waals surface area contributed by atoms with Gasteiger partial charge >= 0.3 is 0 Å². The van der Waals surface area contributed by atoms with E-state index in [2.05, 4.69) is 23.4 Å². The van der Waals surface area contributed by atoms with Crippen LogP contribution in [0.2, 0.25) is 0 Å². The fourth-order valence-corrected chi connectivity index (χ4v) is 3.67. The number of hydrogen-bond acceptors (Lipinski definition) is 2. The van der Waals surface area contributed by atoms with Crippen molar-refractivity contribution in [2.75, 3.05) is 6.61 Å². The number of hydrogen-bond donors (Lipinski definition) is 0. The second-order valence-corrected chi connectivity index (χ2v) is 6.06. The SMILES string of the molecule is Cc1ncn(C2CCOC3(CCCCC3)C2)c1C. The smallest absolute Gasteiger partial charge is 0.0954 e. The Morgan fingerprint density at radius 3 is 2.72 bits per heavy atom. The molecule has 2 heterocycles. The normalized spacial score (nSPS) is 27.6. The number of ether oxygens (including phenoxy) is 1. The van der Waals surface area contributed by atoms with Crippen molar-refractivity contribution >= 4 is 0 Å². The largest absolute Gasteiger partial charge is 0.375 e. The van der Waals surface area contributed by atoms with Crippen LogP contribution in [0, 0.1) is 13.8 Å². The van der Waals surface area contributed by atoms with Crippen molar-refractivity contribution < 1.29 is 4.74 Å². The molecule has 0 N–H and O–H groups in total. The van der Waals surface area contributed by atoms with Gasteiger partial charge in [0, 0.05) is 18.3 Å². The van der Waals surface area contributed by atoms with E-state index in [-0.39, 0.29) is 5.60 Å². The molecule has 2 aliphatic rings. The molecule has 100 valence electrons. The molecule has 0 bridgehead atoms. The van der Waals surface area contributed by atoms with Crippen molar-refractivity contribution in [2.24, 2.45) is 0 Å². The summed E-state index contributed by atoms with van der Waals surface area (Å²) in [6.07, 6.45) is 10.9. The molecule has 0 radical (unpaired) electrons. The maximum Gasteiger partial charge on any atom is 0.0954 e. The zero-order valence-corrected chi connectivity index (χ0v) is 11.6. The van der Waals surface area contributed by atoms with Crippen molar-refractivity contribution in [1.29, 1.82) is 0 Å². The molecule has 1 saturated heterocycles. The van der Waals surface area contributed by atoms with Gasteiger partial charge in [0.15, 0.2) is 0 Å². The average Bonchev–Trinajstić information content (AvgIpc) is 2.71. The van der Waals surface area contributed by atoms with Crippen LogP contribution in [0.3, 0.4) is 0 Å². The Labute approximate surface area is 110 Å². The van der Waals surface area contributed by atoms with E-state index in [4.69, 9.17) is 4.74 Å². The van der Waals surface area contributed by atoms with Gasteiger partial charge in [-0.05, 0) is 39.5 Å². The van der Waals surface area contributed by atoms with Gasteiger partial charge in [0.2, 0.25) is 0 Å². The monoisotopic (exact) mass is 248 g/mol. The van der Waals surface area contributed by atoms with Crippen molar-refractivity contribution in [2.45, 2.75) is 70.4 Å². The molecule has 2 fully saturated rings. The fraction of sp³-hybridized carbons (Fsp3) is 0.800. The van der Waals surface area contributed by atoms with Gasteiger partial charge in [-0.2, -0.15) is 0 Å². The van der Waals surface area contributed by atoms with Gasteiger partial charge in [0.25, 0.3) is 0 Å². The van der Waals surface area contributed by atoms with Crippen LogP contribution < -0.4 is 0 Å². The minimum Gasteiger partial charge on any atom is -0.375 e. The summed E-state index contributed by atoms with van der Waals surface area (Å²) in [4.78, 5) is 4.45. The average molecular weight is 248 g/mol. The van der Waals surface area contributed by atoms with Crippen molar-refractivity contribution in [1.82, 2.24) is 9.55 Å².